The Morgan fingerprint density at radius 2 is 1.00 bits per heavy atom. The van der Waals surface area contributed by atoms with Crippen LogP contribution in [-0.2, 0) is 28.7 Å². The average Bonchev–Trinajstić information content (AvgIpc) is 2.77. The lowest BCUT2D eigenvalue weighted by Crippen LogP contribution is -2.51. The third-order valence-corrected chi connectivity index (χ3v) is 4.55. The first-order valence-corrected chi connectivity index (χ1v) is 13.3. The van der Waals surface area contributed by atoms with Crippen LogP contribution in [0.25, 0.3) is 0 Å². The van der Waals surface area contributed by atoms with E-state index < -0.39 is 41.4 Å². The molecule has 3 amide bonds. The summed E-state index contributed by atoms with van der Waals surface area (Å²) >= 11 is 4.64. The Kier molecular flexibility index (Phi) is 23.9. The van der Waals surface area contributed by atoms with E-state index in [4.69, 9.17) is 19.4 Å². The van der Waals surface area contributed by atoms with Gasteiger partial charge in [0.05, 0.1) is 14.2 Å². The van der Waals surface area contributed by atoms with Crippen LogP contribution < -0.4 is 5.90 Å². The molecule has 0 aliphatic heterocycles. The van der Waals surface area contributed by atoms with Crippen molar-refractivity contribution in [2.75, 3.05) is 41.7 Å². The summed E-state index contributed by atoms with van der Waals surface area (Å²) in [6.45, 7) is 17.8. The van der Waals surface area contributed by atoms with Gasteiger partial charge in [-0.15, -0.1) is 11.6 Å². The molecule has 0 saturated heterocycles. The first-order valence-electron chi connectivity index (χ1n) is 12.6. The van der Waals surface area contributed by atoms with Gasteiger partial charge in [-0.3, -0.25) is 19.4 Å². The Bertz CT molecular complexity index is 739. The number of likely N-dealkylation sites (N-methyl/N-ethyl adjacent to an activating group) is 3. The number of carbonyl (C=O) groups excluding carboxylic acids is 3. The molecule has 0 aromatic heterocycles. The van der Waals surface area contributed by atoms with Gasteiger partial charge in [0.1, 0.15) is 23.3 Å². The number of nitrogens with zero attached hydrogens (tertiary/aromatic N) is 3. The van der Waals surface area contributed by atoms with Crippen LogP contribution >= 0.6 is 11.6 Å². The number of carboxylic acids is 1. The standard InChI is InChI=1S/C13H26N2O4.C11H21NO4.CH3Cl.CH5NO/c1-9(2)10(11(16)15(7)18-8)14(6)12(17)19-13(3,4)5;1-7(2)8(9(13)14)12(6)10(15)16-11(3,4)5;1-2;1-3-2/h9-10H,1-8H3;7-8H,1-6H3,(H,13,14);1H3;2H2,1H3/t10-;8-;;/m00../s1. The van der Waals surface area contributed by atoms with Gasteiger partial charge < -0.3 is 19.4 Å². The van der Waals surface area contributed by atoms with E-state index >= 15 is 0 Å². The number of carbonyl (C=O) groups is 4. The van der Waals surface area contributed by atoms with Crippen molar-refractivity contribution < 1.29 is 43.4 Å². The minimum Gasteiger partial charge on any atom is -0.480 e. The normalized spacial score (nSPS) is 12.2. The first kappa shape index (κ1) is 44.7. The van der Waals surface area contributed by atoms with Crippen LogP contribution in [0.3, 0.4) is 0 Å². The van der Waals surface area contributed by atoms with E-state index in [1.807, 2.05) is 13.8 Å². The topological polar surface area (TPSA) is 161 Å². The van der Waals surface area contributed by atoms with Crippen LogP contribution in [0.4, 0.5) is 9.59 Å². The molecule has 0 bridgehead atoms. The highest BCUT2D eigenvalue weighted by molar-refractivity contribution is 6.15. The summed E-state index contributed by atoms with van der Waals surface area (Å²) in [7, 11) is 7.32. The molecular formula is C26H55ClN4O9. The van der Waals surface area contributed by atoms with Crippen LogP contribution in [0, 0.1) is 11.8 Å². The van der Waals surface area contributed by atoms with Gasteiger partial charge in [0.2, 0.25) is 0 Å². The number of rotatable bonds is 7. The molecule has 13 nitrogen and oxygen atoms in total. The molecule has 0 heterocycles. The summed E-state index contributed by atoms with van der Waals surface area (Å²) in [5.41, 5.74) is -1.21. The number of hydrogen-bond donors (Lipinski definition) is 2. The summed E-state index contributed by atoms with van der Waals surface area (Å²) in [5.74, 6) is 2.81. The summed E-state index contributed by atoms with van der Waals surface area (Å²) < 4.78 is 10.4. The van der Waals surface area contributed by atoms with Gasteiger partial charge in [0, 0.05) is 27.5 Å². The second kappa shape index (κ2) is 21.4. The predicted octanol–water partition coefficient (Wildman–Crippen LogP) is 4.22. The molecule has 0 aromatic rings. The molecule has 240 valence electrons. The van der Waals surface area contributed by atoms with Gasteiger partial charge in [-0.2, -0.15) is 0 Å². The number of nitrogens with two attached hydrogens (primary N) is 1. The number of aliphatic carboxylic acids is 1. The number of alkyl halides is 1. The molecule has 0 spiro atoms. The number of carboxylic acid groups (broad SMARTS) is 1. The van der Waals surface area contributed by atoms with Gasteiger partial charge >= 0.3 is 18.2 Å². The lowest BCUT2D eigenvalue weighted by Gasteiger charge is -2.33. The average molecular weight is 603 g/mol. The van der Waals surface area contributed by atoms with E-state index in [9.17, 15) is 19.2 Å². The Morgan fingerprint density at radius 3 is 1.20 bits per heavy atom. The zero-order chi connectivity index (χ0) is 33.2. The van der Waals surface area contributed by atoms with E-state index in [1.54, 1.807) is 62.4 Å². The number of hydrogen-bond acceptors (Lipinski definition) is 9. The van der Waals surface area contributed by atoms with Crippen molar-refractivity contribution in [1.29, 1.82) is 0 Å². The van der Waals surface area contributed by atoms with Crippen LogP contribution in [0.1, 0.15) is 69.2 Å². The number of ether oxygens (including phenoxy) is 2. The highest BCUT2D eigenvalue weighted by atomic mass is 35.5. The Morgan fingerprint density at radius 1 is 0.725 bits per heavy atom. The molecule has 0 radical (unpaired) electrons. The highest BCUT2D eigenvalue weighted by Gasteiger charge is 2.35. The molecule has 3 N–H and O–H groups in total. The molecule has 40 heavy (non-hydrogen) atoms. The molecule has 0 saturated carbocycles. The summed E-state index contributed by atoms with van der Waals surface area (Å²) in [4.78, 5) is 57.9. The van der Waals surface area contributed by atoms with Crippen LogP contribution in [0.5, 0.6) is 0 Å². The van der Waals surface area contributed by atoms with Gasteiger partial charge in [-0.1, -0.05) is 27.7 Å². The third kappa shape index (κ3) is 20.5. The van der Waals surface area contributed by atoms with Gasteiger partial charge in [0.25, 0.3) is 5.91 Å². The molecule has 2 atom stereocenters. The quantitative estimate of drug-likeness (QED) is 0.319. The number of amides is 3. The lowest BCUT2D eigenvalue weighted by atomic mass is 10.0. The zero-order valence-corrected chi connectivity index (χ0v) is 28.1. The van der Waals surface area contributed by atoms with E-state index in [2.05, 4.69) is 22.3 Å². The zero-order valence-electron chi connectivity index (χ0n) is 27.3. The van der Waals surface area contributed by atoms with Crippen molar-refractivity contribution in [2.24, 2.45) is 17.7 Å². The van der Waals surface area contributed by atoms with Crippen LogP contribution in [0.15, 0.2) is 0 Å². The fraction of sp³-hybridized carbons (Fsp3) is 0.846. The maximum Gasteiger partial charge on any atom is 0.410 e. The number of halogens is 1. The molecule has 0 rings (SSSR count). The van der Waals surface area contributed by atoms with E-state index in [0.717, 1.165) is 9.96 Å². The smallest absolute Gasteiger partial charge is 0.410 e. The lowest BCUT2D eigenvalue weighted by molar-refractivity contribution is -0.175. The minimum absolute atomic E-state index is 0.0531. The van der Waals surface area contributed by atoms with E-state index in [0.29, 0.717) is 0 Å². The molecule has 0 unspecified atom stereocenters. The number of hydroxylamine groups is 2. The predicted molar refractivity (Wildman–Crippen MR) is 156 cm³/mol. The van der Waals surface area contributed by atoms with Crippen molar-refractivity contribution in [3.63, 3.8) is 0 Å². The minimum atomic E-state index is -1.02. The summed E-state index contributed by atoms with van der Waals surface area (Å²) in [6.07, 6.45) is 0.331. The molecule has 0 aromatic carbocycles. The van der Waals surface area contributed by atoms with Crippen LogP contribution in [-0.4, -0.2) is 109 Å². The fourth-order valence-corrected chi connectivity index (χ4v) is 2.97. The van der Waals surface area contributed by atoms with E-state index in [1.165, 1.54) is 39.6 Å². The summed E-state index contributed by atoms with van der Waals surface area (Å²) in [6, 6.07) is -1.49. The summed E-state index contributed by atoms with van der Waals surface area (Å²) in [5, 5.41) is 10.1. The van der Waals surface area contributed by atoms with Gasteiger partial charge in [-0.25, -0.2) is 25.3 Å². The monoisotopic (exact) mass is 602 g/mol. The van der Waals surface area contributed by atoms with Crippen molar-refractivity contribution in [2.45, 2.75) is 92.5 Å². The van der Waals surface area contributed by atoms with Crippen molar-refractivity contribution in [3.8, 4) is 0 Å². The fourth-order valence-electron chi connectivity index (χ4n) is 2.97. The van der Waals surface area contributed by atoms with Crippen molar-refractivity contribution in [3.05, 3.63) is 0 Å². The maximum atomic E-state index is 12.2. The van der Waals surface area contributed by atoms with Gasteiger partial charge in [0.15, 0.2) is 0 Å². The maximum absolute atomic E-state index is 12.2. The molecule has 0 aliphatic carbocycles. The Labute approximate surface area is 246 Å². The van der Waals surface area contributed by atoms with Crippen LogP contribution in [0.2, 0.25) is 0 Å². The SMILES string of the molecule is CC(C)[C@@H](C(=O)O)N(C)C(=O)OC(C)(C)C.CCl.CON.CON(C)C(=O)[C@H](C(C)C)N(C)C(=O)OC(C)(C)C. The Hall–Kier alpha value is -2.35. The van der Waals surface area contributed by atoms with Crippen molar-refractivity contribution >= 4 is 35.7 Å². The second-order valence-corrected chi connectivity index (χ2v) is 11.2. The molecule has 14 heteroatoms. The van der Waals surface area contributed by atoms with E-state index in [-0.39, 0.29) is 17.7 Å². The molecule has 0 aliphatic rings. The highest BCUT2D eigenvalue weighted by Crippen LogP contribution is 2.17. The molecule has 0 fully saturated rings. The van der Waals surface area contributed by atoms with Crippen molar-refractivity contribution in [1.82, 2.24) is 14.9 Å². The largest absolute Gasteiger partial charge is 0.480 e. The molecular weight excluding hydrogens is 548 g/mol. The first-order chi connectivity index (χ1) is 18.0. The second-order valence-electron chi connectivity index (χ2n) is 11.2. The van der Waals surface area contributed by atoms with Gasteiger partial charge in [-0.05, 0) is 53.4 Å². The third-order valence-electron chi connectivity index (χ3n) is 4.55. The Balaban J connectivity index is -0.000000281.